The molecule has 2 heterocycles. The maximum atomic E-state index is 14.4. The van der Waals surface area contributed by atoms with Gasteiger partial charge in [0.1, 0.15) is 23.7 Å². The van der Waals surface area contributed by atoms with Crippen LogP contribution in [0.2, 0.25) is 0 Å². The van der Waals surface area contributed by atoms with Gasteiger partial charge in [0.25, 0.3) is 0 Å². The van der Waals surface area contributed by atoms with Crippen LogP contribution >= 0.6 is 0 Å². The average Bonchev–Trinajstić information content (AvgIpc) is 2.96. The summed E-state index contributed by atoms with van der Waals surface area (Å²) in [6.07, 6.45) is 4.56. The lowest BCUT2D eigenvalue weighted by Gasteiger charge is -2.10. The maximum absolute atomic E-state index is 14.4. The monoisotopic (exact) mass is 376 g/mol. The van der Waals surface area contributed by atoms with Crippen molar-refractivity contribution in [2.24, 2.45) is 5.14 Å². The lowest BCUT2D eigenvalue weighted by atomic mass is 10.1. The summed E-state index contributed by atoms with van der Waals surface area (Å²) in [6, 6.07) is 3.27. The van der Waals surface area contributed by atoms with Crippen molar-refractivity contribution in [3.05, 3.63) is 48.1 Å². The van der Waals surface area contributed by atoms with Gasteiger partial charge in [0.05, 0.1) is 16.2 Å². The average molecular weight is 376 g/mol. The molecule has 136 valence electrons. The number of hydrogen-bond donors (Lipinski definition) is 1. The molecule has 1 aromatic carbocycles. The number of sulfonamides is 1. The summed E-state index contributed by atoms with van der Waals surface area (Å²) < 4.78 is 38.9. The number of aryl methyl sites for hydroxylation is 2. The van der Waals surface area contributed by atoms with Crippen LogP contribution < -0.4 is 5.14 Å². The molecule has 2 aromatic heterocycles. The zero-order valence-corrected chi connectivity index (χ0v) is 15.0. The number of nitrogens with two attached hydrogens (primary N) is 1. The fourth-order valence-corrected chi connectivity index (χ4v) is 3.10. The quantitative estimate of drug-likeness (QED) is 0.725. The number of rotatable bonds is 5. The minimum absolute atomic E-state index is 0.0709. The van der Waals surface area contributed by atoms with Gasteiger partial charge in [0.15, 0.2) is 5.82 Å². The van der Waals surface area contributed by atoms with Crippen molar-refractivity contribution in [2.75, 3.05) is 0 Å². The third-order valence-corrected chi connectivity index (χ3v) is 4.62. The Morgan fingerprint density at radius 3 is 2.77 bits per heavy atom. The molecule has 0 amide bonds. The second-order valence-electron chi connectivity index (χ2n) is 5.69. The van der Waals surface area contributed by atoms with E-state index >= 15 is 0 Å². The van der Waals surface area contributed by atoms with Gasteiger partial charge in [-0.15, -0.1) is 0 Å². The summed E-state index contributed by atoms with van der Waals surface area (Å²) in [5, 5.41) is 9.37. The summed E-state index contributed by atoms with van der Waals surface area (Å²) in [7, 11) is -3.99. The van der Waals surface area contributed by atoms with Crippen molar-refractivity contribution in [3.63, 3.8) is 0 Å². The second kappa shape index (κ2) is 6.89. The van der Waals surface area contributed by atoms with E-state index < -0.39 is 15.8 Å². The molecule has 0 saturated heterocycles. The molecule has 10 heteroatoms. The van der Waals surface area contributed by atoms with Crippen molar-refractivity contribution in [1.82, 2.24) is 24.7 Å². The molecule has 0 radical (unpaired) electrons. The van der Waals surface area contributed by atoms with E-state index in [1.54, 1.807) is 13.1 Å². The fourth-order valence-electron chi connectivity index (χ4n) is 2.57. The molecule has 3 aromatic rings. The molecule has 0 unspecified atom stereocenters. The van der Waals surface area contributed by atoms with E-state index in [2.05, 4.69) is 20.1 Å². The molecule has 3 rings (SSSR count). The molecule has 0 bridgehead atoms. The first-order valence-corrected chi connectivity index (χ1v) is 9.41. The standard InChI is InChI=1S/C16H17FN6O2S/c1-3-4-14-12(8-19-9-20-14)16-21-10(2)22-23(16)15-7-11(26(18,24)25)5-6-13(15)17/h5-9H,3-4H2,1-2H3,(H2,18,24,25). The van der Waals surface area contributed by atoms with Crippen molar-refractivity contribution < 1.29 is 12.8 Å². The summed E-state index contributed by atoms with van der Waals surface area (Å²) in [5.74, 6) is 0.0705. The summed E-state index contributed by atoms with van der Waals surface area (Å²) in [4.78, 5) is 12.4. The van der Waals surface area contributed by atoms with Crippen LogP contribution in [0.1, 0.15) is 24.9 Å². The third kappa shape index (κ3) is 3.46. The predicted octanol–water partition coefficient (Wildman–Crippen LogP) is 1.77. The van der Waals surface area contributed by atoms with E-state index in [4.69, 9.17) is 5.14 Å². The third-order valence-electron chi connectivity index (χ3n) is 3.71. The maximum Gasteiger partial charge on any atom is 0.238 e. The minimum Gasteiger partial charge on any atom is -0.244 e. The van der Waals surface area contributed by atoms with Crippen LogP contribution in [-0.4, -0.2) is 33.2 Å². The van der Waals surface area contributed by atoms with Crippen LogP contribution in [0.15, 0.2) is 35.6 Å². The van der Waals surface area contributed by atoms with Crippen molar-refractivity contribution >= 4 is 10.0 Å². The normalized spacial score (nSPS) is 11.7. The van der Waals surface area contributed by atoms with Crippen LogP contribution in [0.3, 0.4) is 0 Å². The van der Waals surface area contributed by atoms with E-state index in [0.717, 1.165) is 30.3 Å². The van der Waals surface area contributed by atoms with Crippen LogP contribution in [0.25, 0.3) is 17.1 Å². The van der Waals surface area contributed by atoms with Crippen molar-refractivity contribution in [1.29, 1.82) is 0 Å². The van der Waals surface area contributed by atoms with Crippen LogP contribution in [0, 0.1) is 12.7 Å². The summed E-state index contributed by atoms with van der Waals surface area (Å²) in [6.45, 7) is 3.67. The zero-order chi connectivity index (χ0) is 18.9. The molecule has 0 atom stereocenters. The van der Waals surface area contributed by atoms with Crippen molar-refractivity contribution in [2.45, 2.75) is 31.6 Å². The largest absolute Gasteiger partial charge is 0.244 e. The van der Waals surface area contributed by atoms with Crippen molar-refractivity contribution in [3.8, 4) is 17.1 Å². The van der Waals surface area contributed by atoms with Gasteiger partial charge in [-0.1, -0.05) is 13.3 Å². The molecule has 0 fully saturated rings. The molecular weight excluding hydrogens is 359 g/mol. The second-order valence-corrected chi connectivity index (χ2v) is 7.25. The molecule has 0 aliphatic heterocycles. The van der Waals surface area contributed by atoms with Gasteiger partial charge in [0, 0.05) is 6.20 Å². The molecular formula is C16H17FN6O2S. The lowest BCUT2D eigenvalue weighted by molar-refractivity contribution is 0.594. The summed E-state index contributed by atoms with van der Waals surface area (Å²) >= 11 is 0. The zero-order valence-electron chi connectivity index (χ0n) is 14.2. The first-order chi connectivity index (χ1) is 12.3. The highest BCUT2D eigenvalue weighted by molar-refractivity contribution is 7.89. The first-order valence-electron chi connectivity index (χ1n) is 7.87. The fraction of sp³-hybridized carbons (Fsp3) is 0.250. The van der Waals surface area contributed by atoms with E-state index in [-0.39, 0.29) is 10.6 Å². The highest BCUT2D eigenvalue weighted by Crippen LogP contribution is 2.26. The topological polar surface area (TPSA) is 117 Å². The molecule has 0 aliphatic carbocycles. The molecule has 8 nitrogen and oxygen atoms in total. The van der Waals surface area contributed by atoms with Gasteiger partial charge in [-0.25, -0.2) is 37.6 Å². The molecule has 0 saturated carbocycles. The van der Waals surface area contributed by atoms with Gasteiger partial charge < -0.3 is 0 Å². The van der Waals surface area contributed by atoms with Crippen LogP contribution in [0.5, 0.6) is 0 Å². The van der Waals surface area contributed by atoms with E-state index in [9.17, 15) is 12.8 Å². The Balaban J connectivity index is 2.24. The van der Waals surface area contributed by atoms with Gasteiger partial charge in [0.2, 0.25) is 10.0 Å². The Morgan fingerprint density at radius 1 is 1.31 bits per heavy atom. The van der Waals surface area contributed by atoms with Gasteiger partial charge >= 0.3 is 0 Å². The minimum atomic E-state index is -3.99. The number of benzene rings is 1. The van der Waals surface area contributed by atoms with Crippen LogP contribution in [-0.2, 0) is 16.4 Å². The smallest absolute Gasteiger partial charge is 0.238 e. The van der Waals surface area contributed by atoms with E-state index in [0.29, 0.717) is 23.6 Å². The Labute approximate surface area is 150 Å². The SMILES string of the molecule is CCCc1ncncc1-c1nc(C)nn1-c1cc(S(N)(=O)=O)ccc1F. The van der Waals surface area contributed by atoms with E-state index in [1.165, 1.54) is 11.0 Å². The number of halogens is 1. The Bertz CT molecular complexity index is 1060. The molecule has 0 spiro atoms. The number of hydrogen-bond acceptors (Lipinski definition) is 6. The Hall–Kier alpha value is -2.72. The highest BCUT2D eigenvalue weighted by atomic mass is 32.2. The molecule has 26 heavy (non-hydrogen) atoms. The number of nitrogens with zero attached hydrogens (tertiary/aromatic N) is 5. The van der Waals surface area contributed by atoms with E-state index in [1.807, 2.05) is 6.92 Å². The van der Waals surface area contributed by atoms with Gasteiger partial charge in [-0.3, -0.25) is 0 Å². The van der Waals surface area contributed by atoms with Gasteiger partial charge in [-0.05, 0) is 31.5 Å². The summed E-state index contributed by atoms with van der Waals surface area (Å²) in [5.41, 5.74) is 1.29. The first kappa shape index (κ1) is 18.1. The number of aromatic nitrogens is 5. The van der Waals surface area contributed by atoms with Gasteiger partial charge in [-0.2, -0.15) is 5.10 Å². The lowest BCUT2D eigenvalue weighted by Crippen LogP contribution is -2.13. The van der Waals surface area contributed by atoms with Crippen LogP contribution in [0.4, 0.5) is 4.39 Å². The highest BCUT2D eigenvalue weighted by Gasteiger charge is 2.20. The Morgan fingerprint density at radius 2 is 2.08 bits per heavy atom. The molecule has 2 N–H and O–H groups in total. The molecule has 0 aliphatic rings. The Kier molecular flexibility index (Phi) is 4.79. The number of primary sulfonamides is 1. The predicted molar refractivity (Wildman–Crippen MR) is 92.4 cm³/mol.